The maximum absolute atomic E-state index is 11.6. The molecule has 0 aliphatic rings. The first-order chi connectivity index (χ1) is 12.5. The van der Waals surface area contributed by atoms with Gasteiger partial charge >= 0.3 is 0 Å². The second-order valence-corrected chi connectivity index (χ2v) is 5.88. The van der Waals surface area contributed by atoms with Gasteiger partial charge < -0.3 is 21.9 Å². The minimum absolute atomic E-state index is 0.127. The Kier molecular flexibility index (Phi) is 4.74. The molecule has 26 heavy (non-hydrogen) atoms. The summed E-state index contributed by atoms with van der Waals surface area (Å²) in [7, 11) is 1.47. The van der Waals surface area contributed by atoms with Gasteiger partial charge in [0.05, 0.1) is 30.3 Å². The number of ether oxygens (including phenoxy) is 1. The van der Waals surface area contributed by atoms with E-state index in [4.69, 9.17) is 21.9 Å². The van der Waals surface area contributed by atoms with Crippen LogP contribution >= 0.6 is 0 Å². The number of hydrogen-bond acceptors (Lipinski definition) is 6. The number of carbonyl (C=O) groups is 1. The van der Waals surface area contributed by atoms with E-state index in [-0.39, 0.29) is 17.2 Å². The summed E-state index contributed by atoms with van der Waals surface area (Å²) in [5.41, 5.74) is 20.8. The van der Waals surface area contributed by atoms with Crippen molar-refractivity contribution in [3.63, 3.8) is 0 Å². The van der Waals surface area contributed by atoms with Crippen molar-refractivity contribution < 1.29 is 9.53 Å². The third-order valence-corrected chi connectivity index (χ3v) is 4.28. The maximum atomic E-state index is 11.6. The highest BCUT2D eigenvalue weighted by Gasteiger charge is 2.27. The van der Waals surface area contributed by atoms with E-state index in [9.17, 15) is 4.79 Å². The van der Waals surface area contributed by atoms with Crippen LogP contribution in [0.25, 0.3) is 0 Å². The molecule has 3 aromatic rings. The molecule has 1 unspecified atom stereocenters. The highest BCUT2D eigenvalue weighted by molar-refractivity contribution is 6.01. The second kappa shape index (κ2) is 7.14. The van der Waals surface area contributed by atoms with E-state index in [1.807, 2.05) is 30.3 Å². The van der Waals surface area contributed by atoms with E-state index < -0.39 is 5.91 Å². The fourth-order valence-electron chi connectivity index (χ4n) is 3.08. The second-order valence-electron chi connectivity index (χ2n) is 5.88. The zero-order chi connectivity index (χ0) is 18.7. The molecule has 0 radical (unpaired) electrons. The highest BCUT2D eigenvalue weighted by atomic mass is 16.5. The Morgan fingerprint density at radius 1 is 1.27 bits per heavy atom. The Morgan fingerprint density at radius 3 is 2.58 bits per heavy atom. The third-order valence-electron chi connectivity index (χ3n) is 4.28. The lowest BCUT2D eigenvalue weighted by atomic mass is 9.86. The van der Waals surface area contributed by atoms with Gasteiger partial charge in [-0.05, 0) is 18.1 Å². The first-order valence-electron chi connectivity index (χ1n) is 7.98. The first kappa shape index (κ1) is 17.3. The van der Waals surface area contributed by atoms with Crippen molar-refractivity contribution in [2.45, 2.75) is 12.3 Å². The molecule has 1 aromatic heterocycles. The number of nitrogens with one attached hydrogen (secondary N) is 1. The van der Waals surface area contributed by atoms with E-state index in [0.29, 0.717) is 29.1 Å². The minimum Gasteiger partial charge on any atom is -0.494 e. The Hall–Kier alpha value is -3.55. The van der Waals surface area contributed by atoms with Crippen LogP contribution in [0.5, 0.6) is 5.75 Å². The van der Waals surface area contributed by atoms with Crippen molar-refractivity contribution >= 4 is 17.3 Å². The van der Waals surface area contributed by atoms with Crippen molar-refractivity contribution in [1.82, 2.24) is 15.4 Å². The van der Waals surface area contributed by atoms with Gasteiger partial charge in [0.15, 0.2) is 0 Å². The van der Waals surface area contributed by atoms with Gasteiger partial charge in [0.1, 0.15) is 5.75 Å². The number of aromatic amines is 1. The van der Waals surface area contributed by atoms with Crippen LogP contribution in [0.2, 0.25) is 0 Å². The molecule has 1 amide bonds. The SMILES string of the molecule is COc1c(N)c(C(N)=O)cc(N)c1C(Cc1ccccc1)c1cn[nH]n1. The quantitative estimate of drug-likeness (QED) is 0.494. The molecule has 0 fully saturated rings. The number of rotatable bonds is 6. The molecule has 0 saturated carbocycles. The molecule has 0 aliphatic carbocycles. The smallest absolute Gasteiger partial charge is 0.251 e. The summed E-state index contributed by atoms with van der Waals surface area (Å²) in [4.78, 5) is 11.6. The third kappa shape index (κ3) is 3.16. The van der Waals surface area contributed by atoms with Crippen molar-refractivity contribution in [3.05, 3.63) is 65.0 Å². The largest absolute Gasteiger partial charge is 0.494 e. The summed E-state index contributed by atoms with van der Waals surface area (Å²) >= 11 is 0. The number of nitrogens with two attached hydrogens (primary N) is 3. The van der Waals surface area contributed by atoms with E-state index in [0.717, 1.165) is 5.56 Å². The van der Waals surface area contributed by atoms with Crippen LogP contribution in [0.3, 0.4) is 0 Å². The zero-order valence-corrected chi connectivity index (χ0v) is 14.3. The van der Waals surface area contributed by atoms with Gasteiger partial charge in [-0.3, -0.25) is 4.79 Å². The Balaban J connectivity index is 2.18. The number of aromatic nitrogens is 3. The van der Waals surface area contributed by atoms with Crippen LogP contribution in [0.4, 0.5) is 11.4 Å². The molecule has 8 nitrogen and oxygen atoms in total. The van der Waals surface area contributed by atoms with Crippen LogP contribution in [0.1, 0.15) is 33.1 Å². The molecule has 1 heterocycles. The number of nitrogen functional groups attached to an aromatic ring is 2. The van der Waals surface area contributed by atoms with Crippen LogP contribution in [-0.4, -0.2) is 28.4 Å². The predicted molar refractivity (Wildman–Crippen MR) is 98.7 cm³/mol. The lowest BCUT2D eigenvalue weighted by Crippen LogP contribution is -2.18. The van der Waals surface area contributed by atoms with Gasteiger partial charge in [0.2, 0.25) is 0 Å². The summed E-state index contributed by atoms with van der Waals surface area (Å²) in [6, 6.07) is 11.4. The monoisotopic (exact) mass is 352 g/mol. The van der Waals surface area contributed by atoms with Gasteiger partial charge in [-0.2, -0.15) is 15.4 Å². The van der Waals surface area contributed by atoms with Crippen molar-refractivity contribution in [2.75, 3.05) is 18.6 Å². The number of anilines is 2. The number of benzene rings is 2. The van der Waals surface area contributed by atoms with Gasteiger partial charge in [-0.1, -0.05) is 30.3 Å². The predicted octanol–water partition coefficient (Wildman–Crippen LogP) is 1.45. The molecule has 0 bridgehead atoms. The van der Waals surface area contributed by atoms with Crippen molar-refractivity contribution in [1.29, 1.82) is 0 Å². The van der Waals surface area contributed by atoms with Crippen LogP contribution < -0.4 is 21.9 Å². The Morgan fingerprint density at radius 2 is 2.00 bits per heavy atom. The first-order valence-corrected chi connectivity index (χ1v) is 7.98. The molecule has 2 aromatic carbocycles. The maximum Gasteiger partial charge on any atom is 0.251 e. The summed E-state index contributed by atoms with van der Waals surface area (Å²) in [6.07, 6.45) is 2.23. The standard InChI is InChI=1S/C18H20N6O2/c1-26-17-15(13(19)8-12(16(17)20)18(21)25)11(14-9-22-24-23-14)7-10-5-3-2-4-6-10/h2-6,8-9,11H,7,19-20H2,1H3,(H2,21,25)(H,22,23,24). The van der Waals surface area contributed by atoms with Crippen LogP contribution in [0.15, 0.2) is 42.6 Å². The number of primary amides is 1. The molecule has 3 rings (SSSR count). The Labute approximate surface area is 150 Å². The minimum atomic E-state index is -0.667. The molecular weight excluding hydrogens is 332 g/mol. The summed E-state index contributed by atoms with van der Waals surface area (Å²) in [5, 5.41) is 10.7. The molecule has 0 saturated heterocycles. The fraction of sp³-hybridized carbons (Fsp3) is 0.167. The van der Waals surface area contributed by atoms with Crippen LogP contribution in [-0.2, 0) is 6.42 Å². The number of H-pyrrole nitrogens is 1. The molecule has 134 valence electrons. The van der Waals surface area contributed by atoms with E-state index >= 15 is 0 Å². The Bertz CT molecular complexity index is 909. The molecule has 1 atom stereocenters. The molecule has 0 aliphatic heterocycles. The topological polar surface area (TPSA) is 146 Å². The van der Waals surface area contributed by atoms with Crippen molar-refractivity contribution in [2.24, 2.45) is 5.73 Å². The van der Waals surface area contributed by atoms with Crippen LogP contribution in [0, 0.1) is 0 Å². The zero-order valence-electron chi connectivity index (χ0n) is 14.3. The lowest BCUT2D eigenvalue weighted by Gasteiger charge is -2.22. The number of carbonyl (C=O) groups excluding carboxylic acids is 1. The summed E-state index contributed by atoms with van der Waals surface area (Å²) < 4.78 is 5.49. The average molecular weight is 352 g/mol. The lowest BCUT2D eigenvalue weighted by molar-refractivity contribution is 0.100. The number of methoxy groups -OCH3 is 1. The molecule has 8 heteroatoms. The van der Waals surface area contributed by atoms with Gasteiger partial charge in [-0.15, -0.1) is 0 Å². The molecule has 0 spiro atoms. The van der Waals surface area contributed by atoms with E-state index in [1.165, 1.54) is 13.2 Å². The number of nitrogens with zero attached hydrogens (tertiary/aromatic N) is 2. The number of hydrogen-bond donors (Lipinski definition) is 4. The van der Waals surface area contributed by atoms with Gasteiger partial charge in [0.25, 0.3) is 5.91 Å². The normalized spacial score (nSPS) is 11.9. The average Bonchev–Trinajstić information content (AvgIpc) is 3.16. The molecule has 7 N–H and O–H groups in total. The fourth-order valence-corrected chi connectivity index (χ4v) is 3.08. The highest BCUT2D eigenvalue weighted by Crippen LogP contribution is 2.42. The van der Waals surface area contributed by atoms with Crippen molar-refractivity contribution in [3.8, 4) is 5.75 Å². The number of amides is 1. The molecular formula is C18H20N6O2. The van der Waals surface area contributed by atoms with E-state index in [2.05, 4.69) is 15.4 Å². The van der Waals surface area contributed by atoms with E-state index in [1.54, 1.807) is 6.20 Å². The summed E-state index contributed by atoms with van der Waals surface area (Å²) in [6.45, 7) is 0. The van der Waals surface area contributed by atoms with Gasteiger partial charge in [0, 0.05) is 17.2 Å². The van der Waals surface area contributed by atoms with Gasteiger partial charge in [-0.25, -0.2) is 0 Å². The summed E-state index contributed by atoms with van der Waals surface area (Å²) in [5.74, 6) is -0.613.